The van der Waals surface area contributed by atoms with Crippen molar-refractivity contribution in [2.75, 3.05) is 0 Å². The molecule has 0 fully saturated rings. The molecule has 0 aliphatic heterocycles. The Kier molecular flexibility index (Phi) is 20.5. The zero-order chi connectivity index (χ0) is 94.7. The van der Waals surface area contributed by atoms with Crippen LogP contribution in [0.2, 0.25) is 0 Å². The molecule has 0 atom stereocenters. The number of benzene rings is 20. The molecule has 0 unspecified atom stereocenters. The SMILES string of the molecule is CC(C)(C)c1ccc2c(c1)c1ccc(-c3cccc(-c4cccc5c4oc4ccccc45)c3)nc1c1cc(C(C)(C)C)ccc21.Cc1cc(C)c(-c2ccc3c(c2)c2cc(-c4c(C)cc(C)cc4C)ccc2c2nc(-c4cccc(-c5cccc6c5oc5ccccc56)c4)ccc32)c(C)c1.Cc1ccc2c(c1)c1ccc(-c3cccc(-c4cccc5c4oc4ccccc45)c3)nc1c1cc(C)ccc21. The number of nitrogens with zero attached hydrogens (tertiary/aromatic N) is 3. The first-order chi connectivity index (χ1) is 67.4. The summed E-state index contributed by atoms with van der Waals surface area (Å²) in [4.78, 5) is 16.2. The normalized spacial score (nSPS) is 12.1. The lowest BCUT2D eigenvalue weighted by Crippen LogP contribution is -2.11. The number of para-hydroxylation sites is 6. The largest absolute Gasteiger partial charge is 0.455 e. The molecule has 0 N–H and O–H groups in total. The van der Waals surface area contributed by atoms with Crippen LogP contribution in [0.15, 0.2) is 383 Å². The fourth-order valence-corrected chi connectivity index (χ4v) is 22.3. The third-order valence-corrected chi connectivity index (χ3v) is 28.9. The van der Waals surface area contributed by atoms with Crippen LogP contribution in [0.4, 0.5) is 0 Å². The van der Waals surface area contributed by atoms with E-state index in [2.05, 4.69) is 431 Å². The molecule has 668 valence electrons. The zero-order valence-corrected chi connectivity index (χ0v) is 80.8. The Morgan fingerprint density at radius 2 is 0.453 bits per heavy atom. The van der Waals surface area contributed by atoms with Crippen molar-refractivity contribution in [3.05, 3.63) is 426 Å². The first-order valence-electron chi connectivity index (χ1n) is 48.5. The van der Waals surface area contributed by atoms with Crippen molar-refractivity contribution >= 4 is 163 Å². The summed E-state index contributed by atoms with van der Waals surface area (Å²) in [5, 5.41) is 25.2. The molecule has 26 rings (SSSR count). The van der Waals surface area contributed by atoms with E-state index in [0.717, 1.165) is 160 Å². The monoisotopic (exact) mass is 1790 g/mol. The number of aryl methyl sites for hydroxylation is 8. The number of fused-ring (bicyclic) bond motifs is 27. The van der Waals surface area contributed by atoms with Gasteiger partial charge in [0.2, 0.25) is 0 Å². The summed E-state index contributed by atoms with van der Waals surface area (Å²) < 4.78 is 19.2. The second-order valence-corrected chi connectivity index (χ2v) is 40.5. The van der Waals surface area contributed by atoms with Crippen molar-refractivity contribution in [1.82, 2.24) is 15.0 Å². The van der Waals surface area contributed by atoms with Gasteiger partial charge in [-0.05, 0) is 290 Å². The predicted octanol–water partition coefficient (Wildman–Crippen LogP) is 37.7. The lowest BCUT2D eigenvalue weighted by Gasteiger charge is -2.22. The Hall–Kier alpha value is -16.4. The number of furan rings is 3. The van der Waals surface area contributed by atoms with Gasteiger partial charge in [-0.25, -0.2) is 15.0 Å². The van der Waals surface area contributed by atoms with Crippen molar-refractivity contribution in [3.63, 3.8) is 0 Å². The molecule has 0 saturated carbocycles. The molecule has 6 heteroatoms. The summed E-state index contributed by atoms with van der Waals surface area (Å²) >= 11 is 0. The van der Waals surface area contributed by atoms with Gasteiger partial charge in [-0.2, -0.15) is 0 Å². The van der Waals surface area contributed by atoms with E-state index in [1.807, 2.05) is 36.4 Å². The maximum Gasteiger partial charge on any atom is 0.143 e. The maximum atomic E-state index is 6.43. The van der Waals surface area contributed by atoms with E-state index >= 15 is 0 Å². The van der Waals surface area contributed by atoms with Crippen molar-refractivity contribution in [2.45, 2.75) is 108 Å². The first kappa shape index (κ1) is 85.5. The van der Waals surface area contributed by atoms with Gasteiger partial charge in [0.1, 0.15) is 33.5 Å². The highest BCUT2D eigenvalue weighted by Gasteiger charge is 2.26. The summed E-state index contributed by atoms with van der Waals surface area (Å²) in [7, 11) is 0. The second kappa shape index (κ2) is 33.3. The standard InChI is InChI=1S/C53H41NO.C43H37NO.C37H25NO/c1-30-23-32(3)50(33(4)24-30)38-17-19-41-43-21-22-48(37-12-9-11-36(27-37)40-14-10-15-45-42-13-7-8-16-49(42)55-53(40)45)54-52(43)44-20-18-39(29-47(44)46(41)28-38)51-34(5)25-31(2)26-35(51)6;1-42(2,3)28-17-19-31-32-20-18-29(43(4,5)6)25-37(32)40-34(36(31)24-28)21-22-38(44-40)27-12-9-11-26(23-27)30-14-10-15-35-33-13-7-8-16-39(33)45-41(30)35;1-22-13-15-27-28-16-14-23(2)20-33(28)36-30(32(27)19-22)17-18-34(38-36)25-8-5-7-24(21-25)26-10-6-11-31-29-9-3-4-12-35(29)39-37(26)31/h7-29H,1-6H3;7-25H,1-6H3;3-21H,1-2H3. The molecule has 6 nitrogen and oxygen atoms in total. The molecule has 0 amide bonds. The van der Waals surface area contributed by atoms with E-state index in [0.29, 0.717) is 0 Å². The van der Waals surface area contributed by atoms with Crippen LogP contribution in [0, 0.1) is 55.4 Å². The molecular formula is C133H103N3O3. The fraction of sp³-hybridized carbons (Fsp3) is 0.120. The van der Waals surface area contributed by atoms with Crippen LogP contribution >= 0.6 is 0 Å². The van der Waals surface area contributed by atoms with Gasteiger partial charge in [-0.1, -0.05) is 331 Å². The van der Waals surface area contributed by atoms with Crippen molar-refractivity contribution in [1.29, 1.82) is 0 Å². The summed E-state index contributed by atoms with van der Waals surface area (Å²) in [6.07, 6.45) is 0. The smallest absolute Gasteiger partial charge is 0.143 e. The van der Waals surface area contributed by atoms with E-state index in [-0.39, 0.29) is 10.8 Å². The average Bonchev–Trinajstić information content (AvgIpc) is 1.28. The van der Waals surface area contributed by atoms with Crippen LogP contribution in [0.5, 0.6) is 0 Å². The Morgan fingerprint density at radius 1 is 0.180 bits per heavy atom. The van der Waals surface area contributed by atoms with Crippen molar-refractivity contribution in [2.24, 2.45) is 0 Å². The first-order valence-corrected chi connectivity index (χ1v) is 48.5. The minimum Gasteiger partial charge on any atom is -0.455 e. The van der Waals surface area contributed by atoms with Crippen LogP contribution in [0.25, 0.3) is 253 Å². The average molecular weight is 1790 g/mol. The summed E-state index contributed by atoms with van der Waals surface area (Å²) in [5.74, 6) is 0. The van der Waals surface area contributed by atoms with Crippen LogP contribution in [0.3, 0.4) is 0 Å². The maximum absolute atomic E-state index is 6.43. The Bertz CT molecular complexity index is 9610. The molecule has 139 heavy (non-hydrogen) atoms. The Balaban J connectivity index is 0.000000115. The van der Waals surface area contributed by atoms with E-state index in [9.17, 15) is 0 Å². The topological polar surface area (TPSA) is 78.1 Å². The van der Waals surface area contributed by atoms with Gasteiger partial charge in [-0.15, -0.1) is 0 Å². The molecule has 6 heterocycles. The Morgan fingerprint density at radius 3 is 0.849 bits per heavy atom. The summed E-state index contributed by atoms with van der Waals surface area (Å²) in [6.45, 7) is 31.3. The quantitative estimate of drug-likeness (QED) is 0.141. The number of pyridine rings is 3. The van der Waals surface area contributed by atoms with E-state index in [4.69, 9.17) is 28.2 Å². The van der Waals surface area contributed by atoms with Gasteiger partial charge in [0, 0.05) is 98.0 Å². The highest BCUT2D eigenvalue weighted by atomic mass is 16.3. The third-order valence-electron chi connectivity index (χ3n) is 28.9. The molecule has 0 saturated heterocycles. The van der Waals surface area contributed by atoms with Gasteiger partial charge in [-0.3, -0.25) is 0 Å². The minimum atomic E-state index is 0.0369. The zero-order valence-electron chi connectivity index (χ0n) is 80.8. The molecule has 0 aliphatic carbocycles. The third kappa shape index (κ3) is 14.9. The summed E-state index contributed by atoms with van der Waals surface area (Å²) in [6, 6.07) is 134. The molecule has 6 aromatic heterocycles. The minimum absolute atomic E-state index is 0.0369. The van der Waals surface area contributed by atoms with Crippen LogP contribution in [-0.2, 0) is 10.8 Å². The van der Waals surface area contributed by atoms with E-state index in [1.54, 1.807) is 0 Å². The lowest BCUT2D eigenvalue weighted by molar-refractivity contribution is 0.591. The van der Waals surface area contributed by atoms with Crippen LogP contribution in [-0.4, -0.2) is 15.0 Å². The molecule has 26 aromatic rings. The van der Waals surface area contributed by atoms with E-state index < -0.39 is 0 Å². The number of rotatable bonds is 8. The van der Waals surface area contributed by atoms with Crippen molar-refractivity contribution in [3.8, 4) is 89.4 Å². The van der Waals surface area contributed by atoms with Crippen LogP contribution < -0.4 is 0 Å². The molecule has 0 spiro atoms. The molecule has 0 radical (unpaired) electrons. The molecule has 0 aliphatic rings. The molecule has 20 aromatic carbocycles. The Labute approximate surface area is 808 Å². The van der Waals surface area contributed by atoms with E-state index in [1.165, 1.54) is 148 Å². The van der Waals surface area contributed by atoms with Crippen LogP contribution in [0.1, 0.15) is 97.2 Å². The fourth-order valence-electron chi connectivity index (χ4n) is 22.3. The second-order valence-electron chi connectivity index (χ2n) is 40.5. The molecule has 0 bridgehead atoms. The highest BCUT2D eigenvalue weighted by molar-refractivity contribution is 6.28. The predicted molar refractivity (Wildman–Crippen MR) is 591 cm³/mol. The van der Waals surface area contributed by atoms with Gasteiger partial charge in [0.15, 0.2) is 0 Å². The number of hydrogen-bond acceptors (Lipinski definition) is 6. The number of aromatic nitrogens is 3. The lowest BCUT2D eigenvalue weighted by atomic mass is 9.83. The van der Waals surface area contributed by atoms with Gasteiger partial charge in [0.05, 0.1) is 33.6 Å². The summed E-state index contributed by atoms with van der Waals surface area (Å²) in [5.41, 5.74) is 39.5. The highest BCUT2D eigenvalue weighted by Crippen LogP contribution is 2.48. The number of hydrogen-bond donors (Lipinski definition) is 0. The van der Waals surface area contributed by atoms with Gasteiger partial charge in [0.25, 0.3) is 0 Å². The van der Waals surface area contributed by atoms with Gasteiger partial charge >= 0.3 is 0 Å². The van der Waals surface area contributed by atoms with Gasteiger partial charge < -0.3 is 13.3 Å². The van der Waals surface area contributed by atoms with Crippen molar-refractivity contribution < 1.29 is 13.3 Å². The molecular weight excluding hydrogens is 1690 g/mol.